The van der Waals surface area contributed by atoms with Crippen molar-refractivity contribution in [3.63, 3.8) is 0 Å². The summed E-state index contributed by atoms with van der Waals surface area (Å²) in [7, 11) is -9.14. The number of benzene rings is 4. The van der Waals surface area contributed by atoms with Gasteiger partial charge in [0.05, 0.1) is 24.3 Å². The number of aryl methyl sites for hydroxylation is 3. The maximum Gasteiger partial charge on any atom is 0.469 e. The molecular formula is C57H74Cl2N4O10P2. The van der Waals surface area contributed by atoms with Crippen molar-refractivity contribution in [3.05, 3.63) is 163 Å². The summed E-state index contributed by atoms with van der Waals surface area (Å²) >= 11 is 13.0. The van der Waals surface area contributed by atoms with Crippen molar-refractivity contribution in [2.24, 2.45) is 23.3 Å². The first kappa shape index (κ1) is 61.0. The summed E-state index contributed by atoms with van der Waals surface area (Å²) in [6, 6.07) is 31.5. The molecule has 6 rings (SSSR count). The van der Waals surface area contributed by atoms with Crippen molar-refractivity contribution in [1.82, 2.24) is 9.13 Å². The highest BCUT2D eigenvalue weighted by atomic mass is 35.5. The Balaban J connectivity index is 0.000000277. The molecule has 0 saturated carbocycles. The third-order valence-electron chi connectivity index (χ3n) is 13.3. The summed E-state index contributed by atoms with van der Waals surface area (Å²) in [5.74, 6) is -0.334. The lowest BCUT2D eigenvalue weighted by atomic mass is 9.92. The largest absolute Gasteiger partial charge is 0.469 e. The number of nitrogens with two attached hydrogens (primary N) is 2. The number of hydrogen-bond acceptors (Lipinski definition) is 6. The summed E-state index contributed by atoms with van der Waals surface area (Å²) in [4.78, 5) is 62.6. The molecule has 2 amide bonds. The molecule has 0 aliphatic heterocycles. The Morgan fingerprint density at radius 1 is 0.587 bits per heavy atom. The fraction of sp³-hybridized carbons (Fsp3) is 0.404. The van der Waals surface area contributed by atoms with Gasteiger partial charge < -0.3 is 40.2 Å². The molecule has 6 aromatic rings. The van der Waals surface area contributed by atoms with E-state index < -0.39 is 27.5 Å². The predicted molar refractivity (Wildman–Crippen MR) is 300 cm³/mol. The Morgan fingerprint density at radius 2 is 0.987 bits per heavy atom. The van der Waals surface area contributed by atoms with Gasteiger partial charge in [0.1, 0.15) is 0 Å². The fourth-order valence-corrected chi connectivity index (χ4v) is 11.0. The molecule has 0 saturated heterocycles. The topological polar surface area (TPSA) is 230 Å². The van der Waals surface area contributed by atoms with E-state index in [0.29, 0.717) is 84.6 Å². The number of amides is 2. The number of primary amides is 2. The van der Waals surface area contributed by atoms with Crippen LogP contribution in [0.15, 0.2) is 97.1 Å². The zero-order valence-corrected chi connectivity index (χ0v) is 47.2. The molecule has 0 spiro atoms. The highest BCUT2D eigenvalue weighted by molar-refractivity contribution is 7.46. The van der Waals surface area contributed by atoms with Crippen LogP contribution in [-0.4, -0.2) is 53.7 Å². The second kappa shape index (κ2) is 28.5. The summed E-state index contributed by atoms with van der Waals surface area (Å²) in [5.41, 5.74) is 23.9. The van der Waals surface area contributed by atoms with E-state index in [0.717, 1.165) is 99.4 Å². The Morgan fingerprint density at radius 3 is 1.37 bits per heavy atom. The van der Waals surface area contributed by atoms with E-state index in [1.165, 1.54) is 0 Å². The van der Waals surface area contributed by atoms with Crippen molar-refractivity contribution >= 4 is 50.7 Å². The molecule has 18 heteroatoms. The van der Waals surface area contributed by atoms with Gasteiger partial charge in [-0.05, 0) is 110 Å². The first-order valence-electron chi connectivity index (χ1n) is 25.6. The van der Waals surface area contributed by atoms with Crippen LogP contribution in [0.4, 0.5) is 0 Å². The third-order valence-corrected chi connectivity index (χ3v) is 15.1. The van der Waals surface area contributed by atoms with E-state index in [1.807, 2.05) is 98.8 Å². The SMILES string of the molecule is CCCC(C)Cc1c(-c2ccc(C)c(Cl)c2)c(C(N)=O)c(CCc2ccccc2)n1CCCOP(=O)(O)O.CCCC(C)Cc1c(-c2ccc(C)c(Cl)c2)c(C(N)=O)c(Cc2ccccc2)n1CCCOP(=O)(O)O. The maximum absolute atomic E-state index is 13.1. The van der Waals surface area contributed by atoms with Gasteiger partial charge in [-0.15, -0.1) is 0 Å². The van der Waals surface area contributed by atoms with Gasteiger partial charge in [-0.25, -0.2) is 9.13 Å². The number of halogens is 2. The highest BCUT2D eigenvalue weighted by Gasteiger charge is 2.30. The van der Waals surface area contributed by atoms with E-state index in [4.69, 9.17) is 63.3 Å². The van der Waals surface area contributed by atoms with Crippen molar-refractivity contribution in [2.45, 2.75) is 125 Å². The zero-order valence-electron chi connectivity index (χ0n) is 43.9. The minimum absolute atomic E-state index is 0.109. The van der Waals surface area contributed by atoms with Crippen molar-refractivity contribution < 1.29 is 47.3 Å². The molecule has 4 aromatic carbocycles. The van der Waals surface area contributed by atoms with Crippen LogP contribution in [0.1, 0.15) is 132 Å². The molecule has 2 atom stereocenters. The first-order chi connectivity index (χ1) is 35.5. The lowest BCUT2D eigenvalue weighted by molar-refractivity contribution is 0.0991. The molecule has 0 radical (unpaired) electrons. The number of rotatable bonds is 27. The summed E-state index contributed by atoms with van der Waals surface area (Å²) in [5, 5.41) is 1.21. The normalized spacial score (nSPS) is 12.6. The van der Waals surface area contributed by atoms with Crippen LogP contribution in [0.3, 0.4) is 0 Å². The molecule has 2 aromatic heterocycles. The maximum atomic E-state index is 13.1. The molecule has 75 heavy (non-hydrogen) atoms. The van der Waals surface area contributed by atoms with Crippen LogP contribution in [0.25, 0.3) is 22.3 Å². The Kier molecular flexibility index (Phi) is 23.2. The molecule has 14 nitrogen and oxygen atoms in total. The molecule has 0 fully saturated rings. The smallest absolute Gasteiger partial charge is 0.366 e. The monoisotopic (exact) mass is 1110 g/mol. The van der Waals surface area contributed by atoms with E-state index >= 15 is 0 Å². The number of carbonyl (C=O) groups is 2. The van der Waals surface area contributed by atoms with Crippen LogP contribution in [0.2, 0.25) is 10.0 Å². The van der Waals surface area contributed by atoms with Gasteiger partial charge in [-0.3, -0.25) is 18.6 Å². The number of aromatic nitrogens is 2. The fourth-order valence-electron chi connectivity index (χ4n) is 9.86. The Bertz CT molecular complexity index is 2950. The molecule has 2 unspecified atom stereocenters. The molecule has 8 N–H and O–H groups in total. The number of phosphoric acid groups is 2. The summed E-state index contributed by atoms with van der Waals surface area (Å²) in [6.45, 7) is 13.1. The second-order valence-electron chi connectivity index (χ2n) is 19.4. The van der Waals surface area contributed by atoms with Gasteiger partial charge in [-0.1, -0.05) is 162 Å². The van der Waals surface area contributed by atoms with Crippen LogP contribution in [0.5, 0.6) is 0 Å². The molecule has 0 aliphatic rings. The predicted octanol–water partition coefficient (Wildman–Crippen LogP) is 12.8. The van der Waals surface area contributed by atoms with Crippen LogP contribution >= 0.6 is 38.8 Å². The van der Waals surface area contributed by atoms with Gasteiger partial charge in [0.15, 0.2) is 0 Å². The number of nitrogens with zero attached hydrogens (tertiary/aromatic N) is 2. The average Bonchev–Trinajstić information content (AvgIpc) is 3.81. The van der Waals surface area contributed by atoms with Crippen molar-refractivity contribution in [2.75, 3.05) is 13.2 Å². The lowest BCUT2D eigenvalue weighted by Crippen LogP contribution is -2.16. The van der Waals surface area contributed by atoms with Gasteiger partial charge in [0, 0.05) is 63.5 Å². The van der Waals surface area contributed by atoms with Crippen LogP contribution in [0, 0.1) is 25.7 Å². The molecule has 406 valence electrons. The first-order valence-corrected chi connectivity index (χ1v) is 29.4. The van der Waals surface area contributed by atoms with E-state index in [-0.39, 0.29) is 13.2 Å². The number of carbonyl (C=O) groups excluding carboxylic acids is 2. The zero-order chi connectivity index (χ0) is 55.0. The second-order valence-corrected chi connectivity index (χ2v) is 22.7. The van der Waals surface area contributed by atoms with Crippen molar-refractivity contribution in [1.29, 1.82) is 0 Å². The average molecular weight is 1110 g/mol. The third kappa shape index (κ3) is 17.9. The summed E-state index contributed by atoms with van der Waals surface area (Å²) < 4.78 is 36.1. The number of hydrogen-bond donors (Lipinski definition) is 6. The highest BCUT2D eigenvalue weighted by Crippen LogP contribution is 2.41. The minimum atomic E-state index is -4.57. The molecule has 0 bridgehead atoms. The van der Waals surface area contributed by atoms with Gasteiger partial charge in [-0.2, -0.15) is 0 Å². The van der Waals surface area contributed by atoms with E-state index in [1.54, 1.807) is 0 Å². The molecule has 0 aliphatic carbocycles. The van der Waals surface area contributed by atoms with Gasteiger partial charge in [0.2, 0.25) is 0 Å². The molecule has 2 heterocycles. The van der Waals surface area contributed by atoms with Crippen LogP contribution < -0.4 is 11.5 Å². The Labute approximate surface area is 452 Å². The lowest BCUT2D eigenvalue weighted by Gasteiger charge is -2.18. The van der Waals surface area contributed by atoms with Gasteiger partial charge in [0.25, 0.3) is 11.8 Å². The molecular weight excluding hydrogens is 1030 g/mol. The van der Waals surface area contributed by atoms with E-state index in [2.05, 4.69) is 49.0 Å². The summed E-state index contributed by atoms with van der Waals surface area (Å²) in [6.07, 6.45) is 8.01. The van der Waals surface area contributed by atoms with Crippen LogP contribution in [-0.2, 0) is 63.4 Å². The van der Waals surface area contributed by atoms with Gasteiger partial charge >= 0.3 is 15.6 Å². The standard InChI is InChI=1S/C29H38ClN2O5P.C28H36ClN2O5P/c1-4-9-20(2)18-26-27(23-14-12-21(3)24(30)19-23)28(29(31)33)25(15-13-22-10-6-5-7-11-22)32(26)16-8-17-37-38(34,35)36;1-4-9-19(2)16-24-26(22-13-12-20(3)23(29)18-22)27(28(30)32)25(17-21-10-6-5-7-11-21)31(24)14-8-15-36-37(33,34)35/h5-7,10-12,14,19-20H,4,8-9,13,15-18H2,1-3H3,(H2,31,33)(H2,34,35,36);5-7,10-13,18-19H,4,8-9,14-17H2,1-3H3,(H2,30,32)(H2,33,34,35). The van der Waals surface area contributed by atoms with E-state index in [9.17, 15) is 18.7 Å². The Hall–Kier alpha value is -4.82. The van der Waals surface area contributed by atoms with Crippen molar-refractivity contribution in [3.8, 4) is 22.3 Å². The quantitative estimate of drug-likeness (QED) is 0.0211. The number of phosphoric ester groups is 2. The minimum Gasteiger partial charge on any atom is -0.366 e.